The fourth-order valence-corrected chi connectivity index (χ4v) is 2.74. The quantitative estimate of drug-likeness (QED) is 0.727. The fourth-order valence-electron chi connectivity index (χ4n) is 2.28. The van der Waals surface area contributed by atoms with E-state index in [9.17, 15) is 4.79 Å². The number of halogens is 2. The van der Waals surface area contributed by atoms with Crippen molar-refractivity contribution >= 4 is 45.7 Å². The molecule has 0 saturated heterocycles. The summed E-state index contributed by atoms with van der Waals surface area (Å²) in [7, 11) is 1.94. The summed E-state index contributed by atoms with van der Waals surface area (Å²) in [6.45, 7) is 0. The molecule has 5 heteroatoms. The average Bonchev–Trinajstić information content (AvgIpc) is 2.84. The highest BCUT2D eigenvalue weighted by molar-refractivity contribution is 6.37. The number of aromatic nitrogens is 1. The summed E-state index contributed by atoms with van der Waals surface area (Å²) in [4.78, 5) is 12.5. The lowest BCUT2D eigenvalue weighted by atomic mass is 10.1. The molecule has 3 nitrogen and oxygen atoms in total. The summed E-state index contributed by atoms with van der Waals surface area (Å²) < 4.78 is 1.97. The molecule has 0 aliphatic carbocycles. The molecule has 1 amide bonds. The van der Waals surface area contributed by atoms with Gasteiger partial charge in [0.2, 0.25) is 0 Å². The number of benzene rings is 2. The SMILES string of the molecule is Cn1ccc2c(C(=O)Nc3ccc(Cl)cc3Cl)cccc21. The number of aryl methyl sites for hydroxylation is 1. The highest BCUT2D eigenvalue weighted by atomic mass is 35.5. The maximum Gasteiger partial charge on any atom is 0.256 e. The molecule has 1 aromatic heterocycles. The number of fused-ring (bicyclic) bond motifs is 1. The molecule has 0 fully saturated rings. The van der Waals surface area contributed by atoms with E-state index >= 15 is 0 Å². The summed E-state index contributed by atoms with van der Waals surface area (Å²) in [5.74, 6) is -0.198. The van der Waals surface area contributed by atoms with Crippen LogP contribution in [0, 0.1) is 0 Å². The van der Waals surface area contributed by atoms with E-state index < -0.39 is 0 Å². The van der Waals surface area contributed by atoms with Gasteiger partial charge in [0, 0.05) is 34.7 Å². The molecule has 1 heterocycles. The number of hydrogen-bond donors (Lipinski definition) is 1. The van der Waals surface area contributed by atoms with Crippen molar-refractivity contribution in [3.05, 3.63) is 64.3 Å². The summed E-state index contributed by atoms with van der Waals surface area (Å²) in [6, 6.07) is 12.5. The molecular weight excluding hydrogens is 307 g/mol. The predicted molar refractivity (Wildman–Crippen MR) is 87.3 cm³/mol. The minimum absolute atomic E-state index is 0.198. The van der Waals surface area contributed by atoms with Crippen LogP contribution in [0.1, 0.15) is 10.4 Å². The smallest absolute Gasteiger partial charge is 0.256 e. The number of anilines is 1. The predicted octanol–water partition coefficient (Wildman–Crippen LogP) is 4.74. The van der Waals surface area contributed by atoms with Gasteiger partial charge >= 0.3 is 0 Å². The first kappa shape index (κ1) is 14.0. The number of nitrogens with zero attached hydrogens (tertiary/aromatic N) is 1. The van der Waals surface area contributed by atoms with Crippen LogP contribution < -0.4 is 5.32 Å². The Morgan fingerprint density at radius 2 is 1.95 bits per heavy atom. The number of carbonyl (C=O) groups excluding carboxylic acids is 1. The normalized spacial score (nSPS) is 10.8. The maximum absolute atomic E-state index is 12.5. The lowest BCUT2D eigenvalue weighted by molar-refractivity contribution is 0.102. The molecule has 0 aliphatic heterocycles. The second kappa shape index (κ2) is 5.43. The minimum Gasteiger partial charge on any atom is -0.351 e. The van der Waals surface area contributed by atoms with Gasteiger partial charge in [-0.05, 0) is 36.4 Å². The first-order valence-corrected chi connectivity index (χ1v) is 7.12. The molecule has 0 atom stereocenters. The molecule has 0 aliphatic rings. The second-order valence-electron chi connectivity index (χ2n) is 4.74. The highest BCUT2D eigenvalue weighted by Gasteiger charge is 2.13. The molecule has 0 unspecified atom stereocenters. The van der Waals surface area contributed by atoms with Crippen molar-refractivity contribution in [3.8, 4) is 0 Å². The number of carbonyl (C=O) groups is 1. The van der Waals surface area contributed by atoms with E-state index in [4.69, 9.17) is 23.2 Å². The Morgan fingerprint density at radius 1 is 1.14 bits per heavy atom. The van der Waals surface area contributed by atoms with Crippen molar-refractivity contribution in [1.29, 1.82) is 0 Å². The number of hydrogen-bond acceptors (Lipinski definition) is 1. The van der Waals surface area contributed by atoms with Gasteiger partial charge in [-0.3, -0.25) is 4.79 Å². The van der Waals surface area contributed by atoms with Crippen molar-refractivity contribution in [3.63, 3.8) is 0 Å². The van der Waals surface area contributed by atoms with Gasteiger partial charge in [0.05, 0.1) is 10.7 Å². The topological polar surface area (TPSA) is 34.0 Å². The Bertz CT molecular complexity index is 839. The van der Waals surface area contributed by atoms with Crippen molar-refractivity contribution in [2.24, 2.45) is 7.05 Å². The van der Waals surface area contributed by atoms with Gasteiger partial charge in [0.1, 0.15) is 0 Å². The Hall–Kier alpha value is -1.97. The molecule has 0 saturated carbocycles. The Labute approximate surface area is 132 Å². The van der Waals surface area contributed by atoms with E-state index in [0.29, 0.717) is 21.3 Å². The molecule has 21 heavy (non-hydrogen) atoms. The van der Waals surface area contributed by atoms with Gasteiger partial charge in [0.15, 0.2) is 0 Å². The molecule has 106 valence electrons. The van der Waals surface area contributed by atoms with Crippen LogP contribution in [0.15, 0.2) is 48.7 Å². The van der Waals surface area contributed by atoms with Crippen molar-refractivity contribution in [1.82, 2.24) is 4.57 Å². The summed E-state index contributed by atoms with van der Waals surface area (Å²) in [6.07, 6.45) is 1.93. The highest BCUT2D eigenvalue weighted by Crippen LogP contribution is 2.27. The number of nitrogens with one attached hydrogen (secondary N) is 1. The van der Waals surface area contributed by atoms with Crippen LogP contribution >= 0.6 is 23.2 Å². The first-order valence-electron chi connectivity index (χ1n) is 6.37. The minimum atomic E-state index is -0.198. The van der Waals surface area contributed by atoms with Crippen LogP contribution in [0.5, 0.6) is 0 Å². The largest absolute Gasteiger partial charge is 0.351 e. The zero-order valence-corrected chi connectivity index (χ0v) is 12.7. The van der Waals surface area contributed by atoms with E-state index in [1.54, 1.807) is 24.3 Å². The van der Waals surface area contributed by atoms with E-state index in [0.717, 1.165) is 10.9 Å². The van der Waals surface area contributed by atoms with E-state index in [-0.39, 0.29) is 5.91 Å². The molecule has 1 N–H and O–H groups in total. The lowest BCUT2D eigenvalue weighted by Gasteiger charge is -2.08. The molecule has 0 radical (unpaired) electrons. The molecule has 0 bridgehead atoms. The molecule has 3 aromatic rings. The van der Waals surface area contributed by atoms with Crippen LogP contribution in [-0.2, 0) is 7.05 Å². The van der Waals surface area contributed by atoms with E-state index in [2.05, 4.69) is 5.32 Å². The van der Waals surface area contributed by atoms with Gasteiger partial charge < -0.3 is 9.88 Å². The van der Waals surface area contributed by atoms with Gasteiger partial charge in [-0.1, -0.05) is 29.3 Å². The Balaban J connectivity index is 1.97. The fraction of sp³-hybridized carbons (Fsp3) is 0.0625. The van der Waals surface area contributed by atoms with Crippen LogP contribution in [-0.4, -0.2) is 10.5 Å². The maximum atomic E-state index is 12.5. The number of amides is 1. The third kappa shape index (κ3) is 2.62. The van der Waals surface area contributed by atoms with Gasteiger partial charge in [-0.2, -0.15) is 0 Å². The Morgan fingerprint density at radius 3 is 2.71 bits per heavy atom. The second-order valence-corrected chi connectivity index (χ2v) is 5.59. The van der Waals surface area contributed by atoms with Gasteiger partial charge in [-0.25, -0.2) is 0 Å². The lowest BCUT2D eigenvalue weighted by Crippen LogP contribution is -2.12. The van der Waals surface area contributed by atoms with Crippen molar-refractivity contribution in [2.45, 2.75) is 0 Å². The van der Waals surface area contributed by atoms with Crippen LogP contribution in [0.4, 0.5) is 5.69 Å². The molecule has 0 spiro atoms. The standard InChI is InChI=1S/C16H12Cl2N2O/c1-20-8-7-11-12(3-2-4-15(11)20)16(21)19-14-6-5-10(17)9-13(14)18/h2-9H,1H3,(H,19,21). The van der Waals surface area contributed by atoms with E-state index in [1.165, 1.54) is 0 Å². The van der Waals surface area contributed by atoms with Crippen LogP contribution in [0.25, 0.3) is 10.9 Å². The third-order valence-corrected chi connectivity index (χ3v) is 3.90. The monoisotopic (exact) mass is 318 g/mol. The van der Waals surface area contributed by atoms with Gasteiger partial charge in [-0.15, -0.1) is 0 Å². The first-order chi connectivity index (χ1) is 10.1. The third-order valence-electron chi connectivity index (χ3n) is 3.35. The molecule has 2 aromatic carbocycles. The van der Waals surface area contributed by atoms with Crippen LogP contribution in [0.3, 0.4) is 0 Å². The van der Waals surface area contributed by atoms with Crippen molar-refractivity contribution in [2.75, 3.05) is 5.32 Å². The average molecular weight is 319 g/mol. The van der Waals surface area contributed by atoms with Gasteiger partial charge in [0.25, 0.3) is 5.91 Å². The zero-order chi connectivity index (χ0) is 15.0. The Kier molecular flexibility index (Phi) is 3.62. The molecule has 3 rings (SSSR count). The van der Waals surface area contributed by atoms with Crippen LogP contribution in [0.2, 0.25) is 10.0 Å². The van der Waals surface area contributed by atoms with E-state index in [1.807, 2.05) is 36.0 Å². The number of rotatable bonds is 2. The summed E-state index contributed by atoms with van der Waals surface area (Å²) in [5, 5.41) is 4.67. The molecular formula is C16H12Cl2N2O. The van der Waals surface area contributed by atoms with Crippen molar-refractivity contribution < 1.29 is 4.79 Å². The summed E-state index contributed by atoms with van der Waals surface area (Å²) in [5.41, 5.74) is 2.16. The zero-order valence-electron chi connectivity index (χ0n) is 11.2. The summed E-state index contributed by atoms with van der Waals surface area (Å²) >= 11 is 11.9.